The molecule has 1 aliphatic heterocycles. The van der Waals surface area contributed by atoms with Crippen molar-refractivity contribution in [3.05, 3.63) is 58.4 Å². The molecule has 0 unspecified atom stereocenters. The van der Waals surface area contributed by atoms with Crippen molar-refractivity contribution in [1.29, 1.82) is 0 Å². The molecule has 2 aromatic heterocycles. The summed E-state index contributed by atoms with van der Waals surface area (Å²) in [6, 6.07) is 7.48. The van der Waals surface area contributed by atoms with Gasteiger partial charge in [0.15, 0.2) is 17.3 Å². The summed E-state index contributed by atoms with van der Waals surface area (Å²) >= 11 is 0. The summed E-state index contributed by atoms with van der Waals surface area (Å²) in [6.45, 7) is 6.30. The molecule has 1 aromatic carbocycles. The second-order valence-electron chi connectivity index (χ2n) is 7.34. The Morgan fingerprint density at radius 3 is 2.52 bits per heavy atom. The smallest absolute Gasteiger partial charge is 0.292 e. The minimum absolute atomic E-state index is 0.215. The van der Waals surface area contributed by atoms with Crippen LogP contribution in [-0.2, 0) is 13.0 Å². The van der Waals surface area contributed by atoms with E-state index in [1.807, 2.05) is 36.6 Å². The van der Waals surface area contributed by atoms with Gasteiger partial charge in [0.05, 0.1) is 5.69 Å². The first kappa shape index (κ1) is 18.9. The Balaban J connectivity index is 1.65. The highest BCUT2D eigenvalue weighted by Crippen LogP contribution is 2.25. The highest BCUT2D eigenvalue weighted by Gasteiger charge is 2.28. The molecule has 8 heteroatoms. The molecule has 3 heterocycles. The number of benzene rings is 1. The molecule has 0 saturated carbocycles. The summed E-state index contributed by atoms with van der Waals surface area (Å²) in [7, 11) is 0. The van der Waals surface area contributed by atoms with Gasteiger partial charge in [-0.15, -0.1) is 0 Å². The summed E-state index contributed by atoms with van der Waals surface area (Å²) < 4.78 is 6.83. The molecule has 2 N–H and O–H groups in total. The summed E-state index contributed by atoms with van der Waals surface area (Å²) in [5, 5.41) is 9.45. The maximum atomic E-state index is 13.0. The number of fused-ring (bicyclic) bond motifs is 1. The summed E-state index contributed by atoms with van der Waals surface area (Å²) in [6.07, 6.45) is 2.60. The van der Waals surface area contributed by atoms with Crippen molar-refractivity contribution < 1.29 is 14.1 Å². The van der Waals surface area contributed by atoms with E-state index in [9.17, 15) is 9.59 Å². The number of hydrogen-bond acceptors (Lipinski definition) is 5. The highest BCUT2D eigenvalue weighted by atomic mass is 16.5. The predicted octanol–water partition coefficient (Wildman–Crippen LogP) is 3.64. The van der Waals surface area contributed by atoms with Crippen LogP contribution >= 0.6 is 0 Å². The van der Waals surface area contributed by atoms with Crippen molar-refractivity contribution in [1.82, 2.24) is 14.7 Å². The molecule has 150 valence electrons. The van der Waals surface area contributed by atoms with Crippen molar-refractivity contribution in [3.8, 4) is 0 Å². The van der Waals surface area contributed by atoms with E-state index in [2.05, 4.69) is 20.8 Å². The van der Waals surface area contributed by atoms with Gasteiger partial charge in [0, 0.05) is 18.3 Å². The Bertz CT molecular complexity index is 1080. The van der Waals surface area contributed by atoms with Gasteiger partial charge in [-0.05, 0) is 51.2 Å². The first-order chi connectivity index (χ1) is 13.9. The van der Waals surface area contributed by atoms with E-state index in [0.29, 0.717) is 30.2 Å². The lowest BCUT2D eigenvalue weighted by Gasteiger charge is -2.17. The molecule has 4 rings (SSSR count). The third-order valence-corrected chi connectivity index (χ3v) is 5.13. The molecule has 0 atom stereocenters. The zero-order valence-corrected chi connectivity index (χ0v) is 16.7. The third-order valence-electron chi connectivity index (χ3n) is 5.13. The predicted molar refractivity (Wildman–Crippen MR) is 108 cm³/mol. The topological polar surface area (TPSA) is 102 Å². The van der Waals surface area contributed by atoms with Crippen molar-refractivity contribution in [2.45, 2.75) is 46.6 Å². The third kappa shape index (κ3) is 3.65. The maximum absolute atomic E-state index is 13.0. The van der Waals surface area contributed by atoms with Crippen LogP contribution in [0.3, 0.4) is 0 Å². The standard InChI is InChI=1S/C21H23N5O3/c1-12-7-6-8-13(2)17(12)24-20(27)18-15-9-4-5-10-26(15)19(23-18)21(28)22-16-11-14(3)29-25-16/h6-8,11H,4-5,9-10H2,1-3H3,(H,24,27)(H,22,25,28). The lowest BCUT2D eigenvalue weighted by molar-refractivity contribution is 0.101. The average Bonchev–Trinajstić information content (AvgIpc) is 3.28. The molecule has 1 aliphatic rings. The number of para-hydroxylation sites is 1. The molecule has 0 spiro atoms. The number of aryl methyl sites for hydroxylation is 3. The van der Waals surface area contributed by atoms with E-state index in [-0.39, 0.29) is 11.7 Å². The number of nitrogens with zero attached hydrogens (tertiary/aromatic N) is 3. The van der Waals surface area contributed by atoms with Gasteiger partial charge in [0.25, 0.3) is 11.8 Å². The van der Waals surface area contributed by atoms with Crippen LogP contribution in [0.1, 0.15) is 56.5 Å². The first-order valence-electron chi connectivity index (χ1n) is 9.65. The highest BCUT2D eigenvalue weighted by molar-refractivity contribution is 6.07. The Hall–Kier alpha value is -3.42. The minimum Gasteiger partial charge on any atom is -0.360 e. The summed E-state index contributed by atoms with van der Waals surface area (Å²) in [5.74, 6) is 0.422. The molecule has 0 radical (unpaired) electrons. The van der Waals surface area contributed by atoms with Crippen molar-refractivity contribution in [2.24, 2.45) is 0 Å². The number of imidazole rings is 1. The Morgan fingerprint density at radius 1 is 1.07 bits per heavy atom. The van der Waals surface area contributed by atoms with Gasteiger partial charge in [-0.2, -0.15) is 0 Å². The van der Waals surface area contributed by atoms with Gasteiger partial charge >= 0.3 is 0 Å². The van der Waals surface area contributed by atoms with Crippen LogP contribution in [0.4, 0.5) is 11.5 Å². The van der Waals surface area contributed by atoms with Crippen LogP contribution in [0.25, 0.3) is 0 Å². The van der Waals surface area contributed by atoms with Crippen LogP contribution < -0.4 is 10.6 Å². The molecule has 2 amide bonds. The van der Waals surface area contributed by atoms with Crippen LogP contribution in [0.5, 0.6) is 0 Å². The zero-order chi connectivity index (χ0) is 20.5. The Morgan fingerprint density at radius 2 is 1.83 bits per heavy atom. The molecule has 0 aliphatic carbocycles. The normalized spacial score (nSPS) is 13.1. The number of anilines is 2. The van der Waals surface area contributed by atoms with Crippen LogP contribution in [0.2, 0.25) is 0 Å². The van der Waals surface area contributed by atoms with E-state index < -0.39 is 5.91 Å². The summed E-state index contributed by atoms with van der Waals surface area (Å²) in [4.78, 5) is 30.3. The number of aromatic nitrogens is 3. The van der Waals surface area contributed by atoms with Crippen LogP contribution in [-0.4, -0.2) is 26.5 Å². The lowest BCUT2D eigenvalue weighted by Crippen LogP contribution is -2.21. The van der Waals surface area contributed by atoms with Crippen LogP contribution in [0.15, 0.2) is 28.8 Å². The molecular weight excluding hydrogens is 370 g/mol. The Kier molecular flexibility index (Phi) is 4.92. The fourth-order valence-electron chi connectivity index (χ4n) is 3.68. The molecule has 3 aromatic rings. The quantitative estimate of drug-likeness (QED) is 0.705. The molecule has 0 bridgehead atoms. The fraction of sp³-hybridized carbons (Fsp3) is 0.333. The largest absolute Gasteiger partial charge is 0.360 e. The van der Waals surface area contributed by atoms with Gasteiger partial charge in [-0.1, -0.05) is 23.4 Å². The molecule has 0 saturated heterocycles. The van der Waals surface area contributed by atoms with E-state index >= 15 is 0 Å². The van der Waals surface area contributed by atoms with Gasteiger partial charge in [-0.25, -0.2) is 4.98 Å². The van der Waals surface area contributed by atoms with E-state index in [1.54, 1.807) is 13.0 Å². The number of carbonyl (C=O) groups excluding carboxylic acids is 2. The SMILES string of the molecule is Cc1cc(NC(=O)c2nc(C(=O)Nc3c(C)cccc3C)c3n2CCCC3)no1. The van der Waals surface area contributed by atoms with Crippen molar-refractivity contribution in [2.75, 3.05) is 10.6 Å². The molecule has 29 heavy (non-hydrogen) atoms. The number of rotatable bonds is 4. The monoisotopic (exact) mass is 393 g/mol. The second-order valence-corrected chi connectivity index (χ2v) is 7.34. The number of nitrogens with one attached hydrogen (secondary N) is 2. The minimum atomic E-state index is -0.410. The fourth-order valence-corrected chi connectivity index (χ4v) is 3.68. The number of amides is 2. The van der Waals surface area contributed by atoms with Gasteiger partial charge in [-0.3, -0.25) is 9.59 Å². The number of carbonyl (C=O) groups is 2. The second kappa shape index (κ2) is 7.54. The van der Waals surface area contributed by atoms with E-state index in [1.165, 1.54) is 0 Å². The van der Waals surface area contributed by atoms with Gasteiger partial charge in [0.2, 0.25) is 0 Å². The van der Waals surface area contributed by atoms with Crippen molar-refractivity contribution >= 4 is 23.3 Å². The maximum Gasteiger partial charge on any atom is 0.292 e. The molecule has 8 nitrogen and oxygen atoms in total. The van der Waals surface area contributed by atoms with E-state index in [4.69, 9.17) is 4.52 Å². The number of hydrogen-bond donors (Lipinski definition) is 2. The summed E-state index contributed by atoms with van der Waals surface area (Å²) in [5.41, 5.74) is 3.83. The van der Waals surface area contributed by atoms with E-state index in [0.717, 1.165) is 35.3 Å². The van der Waals surface area contributed by atoms with Crippen LogP contribution in [0, 0.1) is 20.8 Å². The lowest BCUT2D eigenvalue weighted by atomic mass is 10.1. The molecular formula is C21H23N5O3. The average molecular weight is 393 g/mol. The van der Waals surface area contributed by atoms with Gasteiger partial charge in [0.1, 0.15) is 5.76 Å². The first-order valence-corrected chi connectivity index (χ1v) is 9.65. The van der Waals surface area contributed by atoms with Crippen molar-refractivity contribution in [3.63, 3.8) is 0 Å². The molecule has 0 fully saturated rings. The zero-order valence-electron chi connectivity index (χ0n) is 16.7. The Labute approximate surface area is 168 Å². The van der Waals surface area contributed by atoms with Gasteiger partial charge < -0.3 is 19.7 Å².